The number of carbonyl (C=O) groups is 1. The lowest BCUT2D eigenvalue weighted by Crippen LogP contribution is -2.27. The Kier molecular flexibility index (Phi) is 4.78. The standard InChI is InChI=1S/C20H26N2O2S/c1-20(2,3)12-8-9-15-16(10-12)25-18(21)17(15)19(23)22-13-6-5-7-14(11-13)24-4/h5-7,11-12H,8-10,21H2,1-4H3,(H,22,23)/t12-/m1/s1. The molecule has 1 aromatic carbocycles. The van der Waals surface area contributed by atoms with Crippen LogP contribution in [0.4, 0.5) is 10.7 Å². The highest BCUT2D eigenvalue weighted by Crippen LogP contribution is 2.43. The zero-order chi connectivity index (χ0) is 18.2. The van der Waals surface area contributed by atoms with Crippen molar-refractivity contribution in [2.45, 2.75) is 40.0 Å². The largest absolute Gasteiger partial charge is 0.497 e. The van der Waals surface area contributed by atoms with Gasteiger partial charge < -0.3 is 15.8 Å². The van der Waals surface area contributed by atoms with E-state index in [1.165, 1.54) is 4.88 Å². The van der Waals surface area contributed by atoms with Gasteiger partial charge in [-0.3, -0.25) is 4.79 Å². The lowest BCUT2D eigenvalue weighted by Gasteiger charge is -2.33. The third-order valence-electron chi connectivity index (χ3n) is 5.07. The Labute approximate surface area is 153 Å². The van der Waals surface area contributed by atoms with E-state index >= 15 is 0 Å². The van der Waals surface area contributed by atoms with Crippen molar-refractivity contribution in [3.8, 4) is 5.75 Å². The van der Waals surface area contributed by atoms with Crippen LogP contribution in [0.2, 0.25) is 0 Å². The van der Waals surface area contributed by atoms with Crippen LogP contribution in [0.15, 0.2) is 24.3 Å². The van der Waals surface area contributed by atoms with Crippen molar-refractivity contribution in [1.29, 1.82) is 0 Å². The summed E-state index contributed by atoms with van der Waals surface area (Å²) in [4.78, 5) is 14.1. The topological polar surface area (TPSA) is 64.3 Å². The van der Waals surface area contributed by atoms with Crippen LogP contribution in [0, 0.1) is 11.3 Å². The maximum atomic E-state index is 12.8. The molecular weight excluding hydrogens is 332 g/mol. The van der Waals surface area contributed by atoms with Gasteiger partial charge in [-0.2, -0.15) is 0 Å². The lowest BCUT2D eigenvalue weighted by atomic mass is 9.72. The summed E-state index contributed by atoms with van der Waals surface area (Å²) in [6.45, 7) is 6.86. The summed E-state index contributed by atoms with van der Waals surface area (Å²) in [6, 6.07) is 7.37. The number of ether oxygens (including phenoxy) is 1. The molecule has 25 heavy (non-hydrogen) atoms. The molecule has 0 saturated carbocycles. The van der Waals surface area contributed by atoms with Gasteiger partial charge in [0, 0.05) is 16.6 Å². The molecule has 0 aliphatic heterocycles. The molecule has 5 heteroatoms. The Morgan fingerprint density at radius 2 is 2.12 bits per heavy atom. The number of methoxy groups -OCH3 is 1. The maximum absolute atomic E-state index is 12.8. The first-order valence-corrected chi connectivity index (χ1v) is 9.46. The highest BCUT2D eigenvalue weighted by atomic mass is 32.1. The fourth-order valence-corrected chi connectivity index (χ4v) is 4.69. The van der Waals surface area contributed by atoms with Crippen LogP contribution in [0.1, 0.15) is 48.0 Å². The second-order valence-corrected chi connectivity index (χ2v) is 8.87. The summed E-state index contributed by atoms with van der Waals surface area (Å²) in [5, 5.41) is 3.58. The molecule has 1 aromatic heterocycles. The number of hydrogen-bond donors (Lipinski definition) is 2. The number of anilines is 2. The van der Waals surface area contributed by atoms with E-state index in [-0.39, 0.29) is 11.3 Å². The minimum Gasteiger partial charge on any atom is -0.497 e. The van der Waals surface area contributed by atoms with Crippen LogP contribution in [-0.4, -0.2) is 13.0 Å². The Morgan fingerprint density at radius 1 is 1.36 bits per heavy atom. The molecule has 0 bridgehead atoms. The van der Waals surface area contributed by atoms with Gasteiger partial charge in [-0.15, -0.1) is 11.3 Å². The predicted octanol–water partition coefficient (Wildman–Crippen LogP) is 4.74. The van der Waals surface area contributed by atoms with Crippen LogP contribution in [0.25, 0.3) is 0 Å². The first kappa shape index (κ1) is 17.8. The van der Waals surface area contributed by atoms with Gasteiger partial charge in [-0.05, 0) is 48.3 Å². The van der Waals surface area contributed by atoms with Gasteiger partial charge in [0.05, 0.1) is 17.7 Å². The second-order valence-electron chi connectivity index (χ2n) is 7.73. The number of nitrogens with one attached hydrogen (secondary N) is 1. The highest BCUT2D eigenvalue weighted by Gasteiger charge is 2.33. The van der Waals surface area contributed by atoms with E-state index in [9.17, 15) is 4.79 Å². The van der Waals surface area contributed by atoms with Gasteiger partial charge in [0.15, 0.2) is 0 Å². The van der Waals surface area contributed by atoms with E-state index in [0.717, 1.165) is 24.8 Å². The number of hydrogen-bond acceptors (Lipinski definition) is 4. The summed E-state index contributed by atoms with van der Waals surface area (Å²) in [5.74, 6) is 1.22. The fraction of sp³-hybridized carbons (Fsp3) is 0.450. The molecule has 1 atom stereocenters. The van der Waals surface area contributed by atoms with Gasteiger partial charge >= 0.3 is 0 Å². The molecule has 2 aromatic rings. The summed E-state index contributed by atoms with van der Waals surface area (Å²) < 4.78 is 5.21. The summed E-state index contributed by atoms with van der Waals surface area (Å²) >= 11 is 1.58. The van der Waals surface area contributed by atoms with Crippen molar-refractivity contribution in [3.63, 3.8) is 0 Å². The van der Waals surface area contributed by atoms with Crippen LogP contribution in [0.5, 0.6) is 5.75 Å². The number of nitrogens with two attached hydrogens (primary N) is 1. The summed E-state index contributed by atoms with van der Waals surface area (Å²) in [5.41, 5.74) is 9.02. The van der Waals surface area contributed by atoms with Crippen LogP contribution in [0.3, 0.4) is 0 Å². The van der Waals surface area contributed by atoms with Gasteiger partial charge in [0.25, 0.3) is 5.91 Å². The third-order valence-corrected chi connectivity index (χ3v) is 6.16. The number of amides is 1. The third kappa shape index (κ3) is 3.66. The van der Waals surface area contributed by atoms with Crippen LogP contribution < -0.4 is 15.8 Å². The Hall–Kier alpha value is -2.01. The number of nitrogen functional groups attached to an aromatic ring is 1. The Morgan fingerprint density at radius 3 is 2.80 bits per heavy atom. The molecule has 1 aliphatic rings. The zero-order valence-electron chi connectivity index (χ0n) is 15.3. The van der Waals surface area contributed by atoms with E-state index in [0.29, 0.717) is 27.9 Å². The molecule has 3 N–H and O–H groups in total. The normalized spacial score (nSPS) is 17.0. The fourth-order valence-electron chi connectivity index (χ4n) is 3.49. The highest BCUT2D eigenvalue weighted by molar-refractivity contribution is 7.16. The first-order chi connectivity index (χ1) is 11.8. The van der Waals surface area contributed by atoms with Gasteiger partial charge in [0.1, 0.15) is 5.75 Å². The minimum atomic E-state index is -0.127. The van der Waals surface area contributed by atoms with E-state index in [4.69, 9.17) is 10.5 Å². The number of carbonyl (C=O) groups excluding carboxylic acids is 1. The second kappa shape index (κ2) is 6.71. The molecule has 1 heterocycles. The van der Waals surface area contributed by atoms with Crippen molar-refractivity contribution in [3.05, 3.63) is 40.3 Å². The molecule has 0 unspecified atom stereocenters. The monoisotopic (exact) mass is 358 g/mol. The SMILES string of the molecule is COc1cccc(NC(=O)c2c(N)sc3c2CC[C@@H](C(C)(C)C)C3)c1. The van der Waals surface area contributed by atoms with Crippen LogP contribution in [-0.2, 0) is 12.8 Å². The maximum Gasteiger partial charge on any atom is 0.258 e. The number of fused-ring (bicyclic) bond motifs is 1. The molecule has 3 rings (SSSR count). The molecule has 0 spiro atoms. The Balaban J connectivity index is 1.84. The van der Waals surface area contributed by atoms with Crippen molar-refractivity contribution in [2.75, 3.05) is 18.2 Å². The average molecular weight is 359 g/mol. The molecule has 1 amide bonds. The summed E-state index contributed by atoms with van der Waals surface area (Å²) in [6.07, 6.45) is 3.04. The van der Waals surface area contributed by atoms with Crippen molar-refractivity contribution >= 4 is 27.9 Å². The zero-order valence-corrected chi connectivity index (χ0v) is 16.1. The van der Waals surface area contributed by atoms with E-state index in [1.54, 1.807) is 18.4 Å². The molecule has 0 radical (unpaired) electrons. The molecule has 0 saturated heterocycles. The first-order valence-electron chi connectivity index (χ1n) is 8.65. The molecular formula is C20H26N2O2S. The minimum absolute atomic E-state index is 0.127. The molecule has 1 aliphatic carbocycles. The van der Waals surface area contributed by atoms with Crippen molar-refractivity contribution < 1.29 is 9.53 Å². The number of rotatable bonds is 3. The van der Waals surface area contributed by atoms with Gasteiger partial charge in [-0.1, -0.05) is 26.8 Å². The van der Waals surface area contributed by atoms with Crippen molar-refractivity contribution in [2.24, 2.45) is 11.3 Å². The molecule has 0 fully saturated rings. The quantitative estimate of drug-likeness (QED) is 0.833. The smallest absolute Gasteiger partial charge is 0.258 e. The molecule has 4 nitrogen and oxygen atoms in total. The Bertz CT molecular complexity index is 789. The van der Waals surface area contributed by atoms with Crippen LogP contribution >= 0.6 is 11.3 Å². The predicted molar refractivity (Wildman–Crippen MR) is 105 cm³/mol. The van der Waals surface area contributed by atoms with E-state index < -0.39 is 0 Å². The average Bonchev–Trinajstić information content (AvgIpc) is 2.89. The van der Waals surface area contributed by atoms with E-state index in [1.807, 2.05) is 24.3 Å². The number of thiophene rings is 1. The van der Waals surface area contributed by atoms with E-state index in [2.05, 4.69) is 26.1 Å². The van der Waals surface area contributed by atoms with Gasteiger partial charge in [-0.25, -0.2) is 0 Å². The lowest BCUT2D eigenvalue weighted by molar-refractivity contribution is 0.102. The number of benzene rings is 1. The van der Waals surface area contributed by atoms with Crippen molar-refractivity contribution in [1.82, 2.24) is 0 Å². The molecule has 134 valence electrons. The summed E-state index contributed by atoms with van der Waals surface area (Å²) in [7, 11) is 1.61. The van der Waals surface area contributed by atoms with Gasteiger partial charge in [0.2, 0.25) is 0 Å².